The smallest absolute Gasteiger partial charge is 0.123 e. The third-order valence-corrected chi connectivity index (χ3v) is 3.89. The van der Waals surface area contributed by atoms with Gasteiger partial charge in [0.25, 0.3) is 0 Å². The molecule has 1 aliphatic rings. The van der Waals surface area contributed by atoms with Crippen molar-refractivity contribution >= 4 is 5.69 Å². The lowest BCUT2D eigenvalue weighted by molar-refractivity contribution is 0.626. The Morgan fingerprint density at radius 1 is 1.11 bits per heavy atom. The molecule has 0 spiro atoms. The Hall–Kier alpha value is -1.83. The zero-order valence-electron chi connectivity index (χ0n) is 11.3. The summed E-state index contributed by atoms with van der Waals surface area (Å²) in [4.78, 5) is 0. The van der Waals surface area contributed by atoms with Gasteiger partial charge in [0.15, 0.2) is 0 Å². The number of anilines is 1. The largest absolute Gasteiger partial charge is 0.378 e. The minimum atomic E-state index is -0.133. The van der Waals surface area contributed by atoms with Crippen LogP contribution in [0.3, 0.4) is 0 Å². The lowest BCUT2D eigenvalue weighted by Crippen LogP contribution is -2.08. The molecule has 0 fully saturated rings. The van der Waals surface area contributed by atoms with Crippen molar-refractivity contribution in [1.29, 1.82) is 0 Å². The Morgan fingerprint density at radius 3 is 2.74 bits per heavy atom. The van der Waals surface area contributed by atoms with Crippen molar-refractivity contribution in [3.05, 3.63) is 64.5 Å². The summed E-state index contributed by atoms with van der Waals surface area (Å²) in [6.07, 6.45) is 1.99. The summed E-state index contributed by atoms with van der Waals surface area (Å²) < 4.78 is 13.2. The second-order valence-corrected chi connectivity index (χ2v) is 5.40. The summed E-state index contributed by atoms with van der Waals surface area (Å²) in [6, 6.07) is 11.9. The number of hydrogen-bond donors (Lipinski definition) is 1. The van der Waals surface area contributed by atoms with E-state index in [9.17, 15) is 4.39 Å². The van der Waals surface area contributed by atoms with Gasteiger partial charge in [-0.25, -0.2) is 4.39 Å². The molecule has 3 rings (SSSR count). The summed E-state index contributed by atoms with van der Waals surface area (Å²) in [5, 5.41) is 3.59. The molecule has 0 bridgehead atoms. The standard InChI is InChI=1S/C17H18FN/c1-11-3-7-16(12(2)9-11)19-17-8-4-13-10-14(18)5-6-15(13)17/h3,5-7,9-10,17,19H,4,8H2,1-2H3. The number of halogens is 1. The van der Waals surface area contributed by atoms with Crippen LogP contribution >= 0.6 is 0 Å². The van der Waals surface area contributed by atoms with E-state index in [1.165, 1.54) is 22.4 Å². The van der Waals surface area contributed by atoms with Gasteiger partial charge in [-0.05, 0) is 61.6 Å². The number of fused-ring (bicyclic) bond motifs is 1. The molecule has 0 saturated heterocycles. The van der Waals surface area contributed by atoms with E-state index in [1.807, 2.05) is 6.07 Å². The minimum Gasteiger partial charge on any atom is -0.378 e. The quantitative estimate of drug-likeness (QED) is 0.830. The summed E-state index contributed by atoms with van der Waals surface area (Å²) in [5.41, 5.74) is 6.09. The van der Waals surface area contributed by atoms with Crippen LogP contribution in [-0.2, 0) is 6.42 Å². The minimum absolute atomic E-state index is 0.133. The monoisotopic (exact) mass is 255 g/mol. The van der Waals surface area contributed by atoms with Crippen LogP contribution in [0.5, 0.6) is 0 Å². The van der Waals surface area contributed by atoms with Gasteiger partial charge >= 0.3 is 0 Å². The lowest BCUT2D eigenvalue weighted by Gasteiger charge is -2.17. The van der Waals surface area contributed by atoms with Crippen LogP contribution in [0.1, 0.15) is 34.7 Å². The van der Waals surface area contributed by atoms with Crippen molar-refractivity contribution in [3.8, 4) is 0 Å². The molecule has 98 valence electrons. The molecule has 2 aromatic rings. The molecule has 2 heteroatoms. The maximum atomic E-state index is 13.2. The fourth-order valence-corrected chi connectivity index (χ4v) is 2.90. The average Bonchev–Trinajstić information content (AvgIpc) is 2.75. The molecule has 1 atom stereocenters. The van der Waals surface area contributed by atoms with E-state index in [4.69, 9.17) is 0 Å². The molecule has 1 nitrogen and oxygen atoms in total. The molecule has 0 radical (unpaired) electrons. The number of rotatable bonds is 2. The highest BCUT2D eigenvalue weighted by molar-refractivity contribution is 5.54. The Kier molecular flexibility index (Phi) is 3.02. The van der Waals surface area contributed by atoms with E-state index in [0.717, 1.165) is 18.4 Å². The predicted octanol–water partition coefficient (Wildman–Crippen LogP) is 4.54. The maximum Gasteiger partial charge on any atom is 0.123 e. The molecule has 19 heavy (non-hydrogen) atoms. The van der Waals surface area contributed by atoms with Crippen molar-refractivity contribution in [3.63, 3.8) is 0 Å². The van der Waals surface area contributed by atoms with Gasteiger partial charge in [-0.1, -0.05) is 23.8 Å². The zero-order valence-corrected chi connectivity index (χ0v) is 11.3. The fraction of sp³-hybridized carbons (Fsp3) is 0.294. The summed E-state index contributed by atoms with van der Waals surface area (Å²) >= 11 is 0. The van der Waals surface area contributed by atoms with Crippen LogP contribution in [0.2, 0.25) is 0 Å². The van der Waals surface area contributed by atoms with Crippen LogP contribution in [0.15, 0.2) is 36.4 Å². The van der Waals surface area contributed by atoms with E-state index >= 15 is 0 Å². The molecule has 0 aromatic heterocycles. The molecule has 0 heterocycles. The topological polar surface area (TPSA) is 12.0 Å². The third kappa shape index (κ3) is 2.35. The maximum absolute atomic E-state index is 13.2. The molecule has 1 unspecified atom stereocenters. The molecule has 0 amide bonds. The van der Waals surface area contributed by atoms with Crippen LogP contribution in [0.4, 0.5) is 10.1 Å². The Bertz CT molecular complexity index is 619. The summed E-state index contributed by atoms with van der Waals surface area (Å²) in [6.45, 7) is 4.22. The van der Waals surface area contributed by atoms with E-state index in [1.54, 1.807) is 12.1 Å². The lowest BCUT2D eigenvalue weighted by atomic mass is 10.1. The van der Waals surface area contributed by atoms with Crippen molar-refractivity contribution in [1.82, 2.24) is 0 Å². The van der Waals surface area contributed by atoms with Crippen molar-refractivity contribution < 1.29 is 4.39 Å². The first kappa shape index (κ1) is 12.2. The van der Waals surface area contributed by atoms with Crippen molar-refractivity contribution in [2.24, 2.45) is 0 Å². The Labute approximate surface area is 113 Å². The molecule has 1 N–H and O–H groups in total. The van der Waals surface area contributed by atoms with Gasteiger partial charge < -0.3 is 5.32 Å². The van der Waals surface area contributed by atoms with E-state index in [0.29, 0.717) is 6.04 Å². The van der Waals surface area contributed by atoms with Gasteiger partial charge in [0, 0.05) is 5.69 Å². The van der Waals surface area contributed by atoms with Crippen LogP contribution in [-0.4, -0.2) is 0 Å². The normalized spacial score (nSPS) is 17.3. The van der Waals surface area contributed by atoms with Gasteiger partial charge in [-0.15, -0.1) is 0 Å². The summed E-state index contributed by atoms with van der Waals surface area (Å²) in [5.74, 6) is -0.133. The van der Waals surface area contributed by atoms with E-state index in [-0.39, 0.29) is 5.82 Å². The Morgan fingerprint density at radius 2 is 1.95 bits per heavy atom. The number of aryl methyl sites for hydroxylation is 3. The molecular weight excluding hydrogens is 237 g/mol. The molecule has 0 aliphatic heterocycles. The van der Waals surface area contributed by atoms with Gasteiger partial charge in [0.2, 0.25) is 0 Å². The zero-order chi connectivity index (χ0) is 13.4. The first-order valence-corrected chi connectivity index (χ1v) is 6.75. The molecular formula is C17H18FN. The molecule has 2 aromatic carbocycles. The number of benzene rings is 2. The van der Waals surface area contributed by atoms with Gasteiger partial charge in [0.05, 0.1) is 6.04 Å². The highest BCUT2D eigenvalue weighted by Gasteiger charge is 2.22. The first-order chi connectivity index (χ1) is 9.13. The first-order valence-electron chi connectivity index (χ1n) is 6.75. The molecule has 0 saturated carbocycles. The second-order valence-electron chi connectivity index (χ2n) is 5.40. The number of hydrogen-bond acceptors (Lipinski definition) is 1. The second kappa shape index (κ2) is 4.69. The van der Waals surface area contributed by atoms with Crippen LogP contribution in [0.25, 0.3) is 0 Å². The van der Waals surface area contributed by atoms with Crippen LogP contribution < -0.4 is 5.32 Å². The number of nitrogens with one attached hydrogen (secondary N) is 1. The third-order valence-electron chi connectivity index (χ3n) is 3.89. The van der Waals surface area contributed by atoms with Gasteiger partial charge in [-0.3, -0.25) is 0 Å². The van der Waals surface area contributed by atoms with Crippen molar-refractivity contribution in [2.45, 2.75) is 32.7 Å². The summed E-state index contributed by atoms with van der Waals surface area (Å²) in [7, 11) is 0. The van der Waals surface area contributed by atoms with E-state index < -0.39 is 0 Å². The Balaban J connectivity index is 1.86. The van der Waals surface area contributed by atoms with Gasteiger partial charge in [0.1, 0.15) is 5.82 Å². The highest BCUT2D eigenvalue weighted by atomic mass is 19.1. The molecule has 1 aliphatic carbocycles. The van der Waals surface area contributed by atoms with Crippen molar-refractivity contribution in [2.75, 3.05) is 5.32 Å². The fourth-order valence-electron chi connectivity index (χ4n) is 2.90. The average molecular weight is 255 g/mol. The van der Waals surface area contributed by atoms with E-state index in [2.05, 4.69) is 37.4 Å². The highest BCUT2D eigenvalue weighted by Crippen LogP contribution is 2.34. The SMILES string of the molecule is Cc1ccc(NC2CCc3cc(F)ccc32)c(C)c1. The van der Waals surface area contributed by atoms with Gasteiger partial charge in [-0.2, -0.15) is 0 Å². The van der Waals surface area contributed by atoms with Crippen LogP contribution in [0, 0.1) is 19.7 Å². The predicted molar refractivity (Wildman–Crippen MR) is 77.0 cm³/mol.